The first-order valence-corrected chi connectivity index (χ1v) is 19.4. The van der Waals surface area contributed by atoms with Crippen LogP contribution in [-0.4, -0.2) is 15.0 Å². The van der Waals surface area contributed by atoms with Crippen LogP contribution in [0.5, 0.6) is 0 Å². The number of nitrogens with zero attached hydrogens (tertiary/aromatic N) is 4. The number of fused-ring (bicyclic) bond motifs is 3. The molecule has 6 aromatic carbocycles. The minimum absolute atomic E-state index is 0.0181. The number of aromatic nitrogens is 3. The second kappa shape index (κ2) is 12.2. The number of benzene rings is 6. The molecule has 7 aromatic rings. The highest BCUT2D eigenvalue weighted by Crippen LogP contribution is 2.69. The Morgan fingerprint density at radius 1 is 0.426 bits per heavy atom. The van der Waals surface area contributed by atoms with E-state index in [1.165, 1.54) is 65.5 Å². The van der Waals surface area contributed by atoms with Crippen molar-refractivity contribution >= 4 is 0 Å². The summed E-state index contributed by atoms with van der Waals surface area (Å²) in [5.41, 5.74) is 13.8. The van der Waals surface area contributed by atoms with Crippen molar-refractivity contribution in [2.24, 2.45) is 23.7 Å². The van der Waals surface area contributed by atoms with E-state index >= 15 is 0 Å². The summed E-state index contributed by atoms with van der Waals surface area (Å²) in [5.74, 6) is 4.92. The third-order valence-electron chi connectivity index (χ3n) is 13.2. The third kappa shape index (κ3) is 4.78. The van der Waals surface area contributed by atoms with Gasteiger partial charge >= 0.3 is 0 Å². The van der Waals surface area contributed by atoms with E-state index in [-0.39, 0.29) is 5.41 Å². The summed E-state index contributed by atoms with van der Waals surface area (Å²) in [6.07, 6.45) is 6.64. The quantitative estimate of drug-likeness (QED) is 0.180. The van der Waals surface area contributed by atoms with Gasteiger partial charge in [0.2, 0.25) is 0 Å². The smallest absolute Gasteiger partial charge is 0.164 e. The lowest BCUT2D eigenvalue weighted by atomic mass is 9.43. The summed E-state index contributed by atoms with van der Waals surface area (Å²) in [5, 5.41) is 10.0. The van der Waals surface area contributed by atoms with Gasteiger partial charge < -0.3 is 0 Å². The van der Waals surface area contributed by atoms with Gasteiger partial charge in [-0.3, -0.25) is 0 Å². The van der Waals surface area contributed by atoms with Crippen molar-refractivity contribution in [3.05, 3.63) is 162 Å². The summed E-state index contributed by atoms with van der Waals surface area (Å²) < 4.78 is 0. The third-order valence-corrected chi connectivity index (χ3v) is 13.2. The second-order valence-corrected chi connectivity index (χ2v) is 16.0. The minimum atomic E-state index is -0.0181. The molecule has 1 spiro atoms. The molecule has 0 N–H and O–H groups in total. The van der Waals surface area contributed by atoms with Crippen molar-refractivity contribution in [3.8, 4) is 73.6 Å². The second-order valence-electron chi connectivity index (χ2n) is 16.0. The predicted molar refractivity (Wildman–Crippen MR) is 215 cm³/mol. The molecule has 4 fully saturated rings. The van der Waals surface area contributed by atoms with Gasteiger partial charge in [0.15, 0.2) is 17.5 Å². The van der Waals surface area contributed by atoms with E-state index in [4.69, 9.17) is 15.0 Å². The van der Waals surface area contributed by atoms with Gasteiger partial charge in [0.25, 0.3) is 0 Å². The van der Waals surface area contributed by atoms with Crippen LogP contribution in [0.2, 0.25) is 0 Å². The molecule has 0 saturated heterocycles. The Bertz CT molecular complexity index is 2540. The van der Waals surface area contributed by atoms with Crippen LogP contribution >= 0.6 is 0 Å². The first-order chi connectivity index (χ1) is 26.7. The Labute approximate surface area is 316 Å². The Balaban J connectivity index is 1.09. The fourth-order valence-corrected chi connectivity index (χ4v) is 11.1. The molecule has 5 aliphatic carbocycles. The number of rotatable bonds is 5. The highest BCUT2D eigenvalue weighted by molar-refractivity contribution is 5.89. The zero-order chi connectivity index (χ0) is 35.8. The molecule has 0 atom stereocenters. The van der Waals surface area contributed by atoms with Crippen LogP contribution in [-0.2, 0) is 5.41 Å². The maximum atomic E-state index is 10.0. The van der Waals surface area contributed by atoms with E-state index in [0.29, 0.717) is 29.3 Å². The maximum Gasteiger partial charge on any atom is 0.164 e. The zero-order valence-corrected chi connectivity index (χ0v) is 30.0. The van der Waals surface area contributed by atoms with Crippen LogP contribution in [0.4, 0.5) is 0 Å². The van der Waals surface area contributed by atoms with Crippen LogP contribution in [0, 0.1) is 35.0 Å². The lowest BCUT2D eigenvalue weighted by Gasteiger charge is -2.61. The highest BCUT2D eigenvalue weighted by atomic mass is 15.0. The van der Waals surface area contributed by atoms with E-state index in [1.807, 2.05) is 42.5 Å². The summed E-state index contributed by atoms with van der Waals surface area (Å²) in [4.78, 5) is 15.2. The summed E-state index contributed by atoms with van der Waals surface area (Å²) in [6, 6.07) is 53.9. The molecule has 4 nitrogen and oxygen atoms in total. The van der Waals surface area contributed by atoms with E-state index in [2.05, 4.69) is 109 Å². The lowest BCUT2D eigenvalue weighted by Crippen LogP contribution is -2.55. The molecule has 4 bridgehead atoms. The Kier molecular flexibility index (Phi) is 7.07. The summed E-state index contributed by atoms with van der Waals surface area (Å²) in [6.45, 7) is 0. The monoisotopic (exact) mass is 694 g/mol. The average Bonchev–Trinajstić information content (AvgIpc) is 3.52. The number of hydrogen-bond donors (Lipinski definition) is 0. The largest absolute Gasteiger partial charge is 0.208 e. The zero-order valence-electron chi connectivity index (χ0n) is 30.0. The van der Waals surface area contributed by atoms with E-state index in [9.17, 15) is 5.26 Å². The first-order valence-electron chi connectivity index (χ1n) is 19.4. The van der Waals surface area contributed by atoms with E-state index < -0.39 is 0 Å². The van der Waals surface area contributed by atoms with Gasteiger partial charge in [0.05, 0.1) is 11.6 Å². The predicted octanol–water partition coefficient (Wildman–Crippen LogP) is 11.8. The summed E-state index contributed by atoms with van der Waals surface area (Å²) >= 11 is 0. The Morgan fingerprint density at radius 2 is 0.907 bits per heavy atom. The van der Waals surface area contributed by atoms with E-state index in [1.54, 1.807) is 0 Å². The van der Waals surface area contributed by atoms with Gasteiger partial charge in [-0.05, 0) is 131 Å². The maximum absolute atomic E-state index is 10.0. The van der Waals surface area contributed by atoms with Gasteiger partial charge in [-0.2, -0.15) is 5.26 Å². The van der Waals surface area contributed by atoms with Crippen molar-refractivity contribution in [1.29, 1.82) is 5.26 Å². The van der Waals surface area contributed by atoms with Crippen molar-refractivity contribution < 1.29 is 0 Å². The van der Waals surface area contributed by atoms with Crippen LogP contribution in [0.15, 0.2) is 146 Å². The molecular weight excluding hydrogens is 657 g/mol. The van der Waals surface area contributed by atoms with Crippen molar-refractivity contribution in [2.45, 2.75) is 37.5 Å². The molecular formula is C50H38N4. The molecule has 0 radical (unpaired) electrons. The number of hydrogen-bond acceptors (Lipinski definition) is 4. The number of nitriles is 1. The normalized spacial score (nSPS) is 22.9. The molecule has 0 aliphatic heterocycles. The SMILES string of the molecule is N#Cc1ccc2c(c1)C1(c3cc(-c4ccc(-c5nc(-c6ccccc6)nc(-c6ccccc6)n5)c(-c5ccccc5)c4)ccc3-2)C2CC3CC(C2)CC1C3. The molecule has 54 heavy (non-hydrogen) atoms. The summed E-state index contributed by atoms with van der Waals surface area (Å²) in [7, 11) is 0. The molecule has 0 unspecified atom stereocenters. The van der Waals surface area contributed by atoms with E-state index in [0.717, 1.165) is 45.2 Å². The van der Waals surface area contributed by atoms with Crippen molar-refractivity contribution in [2.75, 3.05) is 0 Å². The minimum Gasteiger partial charge on any atom is -0.208 e. The Morgan fingerprint density at radius 3 is 1.48 bits per heavy atom. The van der Waals surface area contributed by atoms with Gasteiger partial charge in [0.1, 0.15) is 0 Å². The first kappa shape index (κ1) is 31.4. The van der Waals surface area contributed by atoms with Crippen LogP contribution in [0.3, 0.4) is 0 Å². The average molecular weight is 695 g/mol. The molecule has 1 aromatic heterocycles. The standard InChI is InChI=1S/C50H38N4/c51-30-31-16-19-41-42-20-17-38(29-46(42)50(45(41)27-31)39-23-32-22-33(25-39)26-40(50)24-32)37-18-21-43(44(28-37)34-10-4-1-5-11-34)49-53-47(35-12-6-2-7-13-35)52-48(54-49)36-14-8-3-9-15-36/h1-21,27-29,32-33,39-40H,22-26H2. The van der Waals surface area contributed by atoms with Crippen molar-refractivity contribution in [3.63, 3.8) is 0 Å². The molecule has 258 valence electrons. The highest BCUT2D eigenvalue weighted by Gasteiger charge is 2.61. The Hall–Kier alpha value is -6.18. The molecule has 0 amide bonds. The fraction of sp³-hybridized carbons (Fsp3) is 0.200. The fourth-order valence-electron chi connectivity index (χ4n) is 11.1. The molecule has 4 heteroatoms. The van der Waals surface area contributed by atoms with Crippen LogP contribution < -0.4 is 0 Å². The van der Waals surface area contributed by atoms with Crippen LogP contribution in [0.1, 0.15) is 48.8 Å². The van der Waals surface area contributed by atoms with Gasteiger partial charge in [-0.15, -0.1) is 0 Å². The van der Waals surface area contributed by atoms with Gasteiger partial charge in [-0.1, -0.05) is 115 Å². The molecule has 4 saturated carbocycles. The van der Waals surface area contributed by atoms with Crippen molar-refractivity contribution in [1.82, 2.24) is 15.0 Å². The topological polar surface area (TPSA) is 62.5 Å². The molecule has 1 heterocycles. The van der Waals surface area contributed by atoms with Crippen LogP contribution in [0.25, 0.3) is 67.5 Å². The molecule has 12 rings (SSSR count). The molecule has 5 aliphatic rings. The lowest BCUT2D eigenvalue weighted by molar-refractivity contribution is -0.0399. The van der Waals surface area contributed by atoms with Gasteiger partial charge in [-0.25, -0.2) is 15.0 Å². The van der Waals surface area contributed by atoms with Gasteiger partial charge in [0, 0.05) is 22.1 Å².